The van der Waals surface area contributed by atoms with Crippen LogP contribution in [0.4, 0.5) is 5.82 Å². The van der Waals surface area contributed by atoms with Crippen LogP contribution in [0.1, 0.15) is 27.9 Å². The van der Waals surface area contributed by atoms with Gasteiger partial charge in [-0.15, -0.1) is 5.10 Å². The number of rotatable bonds is 4. The molecule has 0 unspecified atom stereocenters. The van der Waals surface area contributed by atoms with Gasteiger partial charge in [-0.1, -0.05) is 29.8 Å². The van der Waals surface area contributed by atoms with Gasteiger partial charge in [0.25, 0.3) is 0 Å². The summed E-state index contributed by atoms with van der Waals surface area (Å²) in [5, 5.41) is 16.2. The van der Waals surface area contributed by atoms with E-state index in [1.807, 2.05) is 25.8 Å². The second-order valence-electron chi connectivity index (χ2n) is 5.36. The fraction of sp³-hybridized carbons (Fsp3) is 0.312. The van der Waals surface area contributed by atoms with Crippen LogP contribution >= 0.6 is 0 Å². The largest absolute Gasteiger partial charge is 0.384 e. The first-order chi connectivity index (χ1) is 9.90. The Morgan fingerprint density at radius 1 is 1.14 bits per heavy atom. The molecule has 2 aromatic rings. The molecular weight excluding hydrogens is 262 g/mol. The number of amidine groups is 1. The number of hydrogen-bond acceptors (Lipinski definition) is 4. The molecule has 0 bridgehead atoms. The van der Waals surface area contributed by atoms with Crippen LogP contribution < -0.4 is 10.6 Å². The van der Waals surface area contributed by atoms with E-state index in [1.54, 1.807) is 0 Å². The molecule has 0 atom stereocenters. The average Bonchev–Trinajstić information content (AvgIpc) is 2.43. The van der Waals surface area contributed by atoms with Crippen molar-refractivity contribution >= 4 is 11.7 Å². The Hall–Kier alpha value is -2.43. The van der Waals surface area contributed by atoms with Gasteiger partial charge in [-0.05, 0) is 31.9 Å². The van der Waals surface area contributed by atoms with Gasteiger partial charge in [0.15, 0.2) is 5.82 Å². The maximum Gasteiger partial charge on any atom is 0.162 e. The predicted molar refractivity (Wildman–Crippen MR) is 85.8 cm³/mol. The number of aromatic nitrogens is 2. The fourth-order valence-electron chi connectivity index (χ4n) is 2.23. The molecule has 1 aromatic carbocycles. The molecule has 3 N–H and O–H groups in total. The SMILES string of the molecule is Cc1ccc(CN(C)c2nnc(C)c(C)c2C(=N)N)cc1. The average molecular weight is 283 g/mol. The minimum absolute atomic E-state index is 0.0243. The Morgan fingerprint density at radius 2 is 1.76 bits per heavy atom. The smallest absolute Gasteiger partial charge is 0.162 e. The van der Waals surface area contributed by atoms with Crippen molar-refractivity contribution in [3.05, 3.63) is 52.2 Å². The molecule has 0 spiro atoms. The van der Waals surface area contributed by atoms with Crippen molar-refractivity contribution in [2.45, 2.75) is 27.3 Å². The molecular formula is C16H21N5. The highest BCUT2D eigenvalue weighted by atomic mass is 15.2. The number of nitrogen functional groups attached to an aromatic ring is 1. The lowest BCUT2D eigenvalue weighted by Gasteiger charge is -2.22. The molecule has 0 fully saturated rings. The number of nitrogens with one attached hydrogen (secondary N) is 1. The zero-order valence-corrected chi connectivity index (χ0v) is 12.9. The molecule has 110 valence electrons. The van der Waals surface area contributed by atoms with E-state index in [9.17, 15) is 0 Å². The van der Waals surface area contributed by atoms with E-state index in [2.05, 4.69) is 41.4 Å². The van der Waals surface area contributed by atoms with Gasteiger partial charge in [-0.2, -0.15) is 5.10 Å². The van der Waals surface area contributed by atoms with Crippen LogP contribution in [0.15, 0.2) is 24.3 Å². The number of benzene rings is 1. The van der Waals surface area contributed by atoms with Crippen molar-refractivity contribution in [3.63, 3.8) is 0 Å². The van der Waals surface area contributed by atoms with Crippen molar-refractivity contribution in [1.29, 1.82) is 5.41 Å². The van der Waals surface area contributed by atoms with E-state index in [0.29, 0.717) is 17.9 Å². The molecule has 5 nitrogen and oxygen atoms in total. The molecule has 1 heterocycles. The summed E-state index contributed by atoms with van der Waals surface area (Å²) in [6.07, 6.45) is 0. The van der Waals surface area contributed by atoms with Crippen molar-refractivity contribution in [1.82, 2.24) is 10.2 Å². The Morgan fingerprint density at radius 3 is 2.33 bits per heavy atom. The Bertz CT molecular complexity index is 661. The van der Waals surface area contributed by atoms with E-state index < -0.39 is 0 Å². The lowest BCUT2D eigenvalue weighted by Crippen LogP contribution is -2.25. The van der Waals surface area contributed by atoms with Gasteiger partial charge < -0.3 is 10.6 Å². The normalized spacial score (nSPS) is 10.5. The third kappa shape index (κ3) is 3.18. The van der Waals surface area contributed by atoms with Crippen molar-refractivity contribution in [3.8, 4) is 0 Å². The van der Waals surface area contributed by atoms with Crippen molar-refractivity contribution in [2.75, 3.05) is 11.9 Å². The summed E-state index contributed by atoms with van der Waals surface area (Å²) < 4.78 is 0. The van der Waals surface area contributed by atoms with Gasteiger partial charge in [-0.3, -0.25) is 5.41 Å². The zero-order valence-electron chi connectivity index (χ0n) is 12.9. The second-order valence-corrected chi connectivity index (χ2v) is 5.36. The maximum atomic E-state index is 7.80. The molecule has 0 amide bonds. The molecule has 0 saturated carbocycles. The van der Waals surface area contributed by atoms with Crippen LogP contribution in [-0.2, 0) is 6.54 Å². The summed E-state index contributed by atoms with van der Waals surface area (Å²) in [6, 6.07) is 8.35. The van der Waals surface area contributed by atoms with Gasteiger partial charge in [0.05, 0.1) is 11.3 Å². The molecule has 5 heteroatoms. The molecule has 1 aromatic heterocycles. The second kappa shape index (κ2) is 5.91. The molecule has 0 aliphatic carbocycles. The molecule has 21 heavy (non-hydrogen) atoms. The fourth-order valence-corrected chi connectivity index (χ4v) is 2.23. The Kier molecular flexibility index (Phi) is 4.21. The minimum Gasteiger partial charge on any atom is -0.384 e. The van der Waals surface area contributed by atoms with Crippen LogP contribution in [0.5, 0.6) is 0 Å². The minimum atomic E-state index is 0.0243. The first kappa shape index (κ1) is 15.0. The number of nitrogens with two attached hydrogens (primary N) is 1. The molecule has 0 aliphatic heterocycles. The monoisotopic (exact) mass is 283 g/mol. The van der Waals surface area contributed by atoms with Crippen molar-refractivity contribution < 1.29 is 0 Å². The topological polar surface area (TPSA) is 78.9 Å². The molecule has 0 radical (unpaired) electrons. The summed E-state index contributed by atoms with van der Waals surface area (Å²) in [4.78, 5) is 1.97. The van der Waals surface area contributed by atoms with Gasteiger partial charge in [-0.25, -0.2) is 0 Å². The first-order valence-corrected chi connectivity index (χ1v) is 6.85. The van der Waals surface area contributed by atoms with Gasteiger partial charge >= 0.3 is 0 Å². The van der Waals surface area contributed by atoms with Crippen LogP contribution in [-0.4, -0.2) is 23.1 Å². The molecule has 0 saturated heterocycles. The quantitative estimate of drug-likeness (QED) is 0.666. The summed E-state index contributed by atoms with van der Waals surface area (Å²) in [6.45, 7) is 6.55. The van der Waals surface area contributed by atoms with E-state index in [-0.39, 0.29) is 5.84 Å². The standard InChI is InChI=1S/C16H21N5/c1-10-5-7-13(8-6-10)9-21(4)16-14(15(17)18)11(2)12(3)19-20-16/h5-8H,9H2,1-4H3,(H3,17,18). The number of nitrogens with zero attached hydrogens (tertiary/aromatic N) is 3. The van der Waals surface area contributed by atoms with E-state index in [0.717, 1.165) is 11.3 Å². The van der Waals surface area contributed by atoms with Crippen molar-refractivity contribution in [2.24, 2.45) is 5.73 Å². The number of anilines is 1. The van der Waals surface area contributed by atoms with Crippen LogP contribution in [0.3, 0.4) is 0 Å². The van der Waals surface area contributed by atoms with Crippen LogP contribution in [0, 0.1) is 26.2 Å². The van der Waals surface area contributed by atoms with Crippen LogP contribution in [0.25, 0.3) is 0 Å². The van der Waals surface area contributed by atoms with Gasteiger partial charge in [0.1, 0.15) is 5.84 Å². The third-order valence-electron chi connectivity index (χ3n) is 3.61. The Balaban J connectivity index is 2.35. The van der Waals surface area contributed by atoms with E-state index in [1.165, 1.54) is 11.1 Å². The summed E-state index contributed by atoms with van der Waals surface area (Å²) in [5.74, 6) is 0.669. The summed E-state index contributed by atoms with van der Waals surface area (Å²) in [5.41, 5.74) is 10.5. The lowest BCUT2D eigenvalue weighted by atomic mass is 10.1. The Labute approximate surface area is 125 Å². The zero-order chi connectivity index (χ0) is 15.6. The number of aryl methyl sites for hydroxylation is 2. The lowest BCUT2D eigenvalue weighted by molar-refractivity contribution is 0.847. The van der Waals surface area contributed by atoms with E-state index in [4.69, 9.17) is 11.1 Å². The highest BCUT2D eigenvalue weighted by Crippen LogP contribution is 2.22. The third-order valence-corrected chi connectivity index (χ3v) is 3.61. The number of hydrogen-bond donors (Lipinski definition) is 2. The molecule has 0 aliphatic rings. The predicted octanol–water partition coefficient (Wildman–Crippen LogP) is 2.32. The first-order valence-electron chi connectivity index (χ1n) is 6.85. The summed E-state index contributed by atoms with van der Waals surface area (Å²) >= 11 is 0. The summed E-state index contributed by atoms with van der Waals surface area (Å²) in [7, 11) is 1.94. The maximum absolute atomic E-state index is 7.80. The highest BCUT2D eigenvalue weighted by molar-refractivity contribution is 6.01. The highest BCUT2D eigenvalue weighted by Gasteiger charge is 2.17. The van der Waals surface area contributed by atoms with Gasteiger partial charge in [0.2, 0.25) is 0 Å². The van der Waals surface area contributed by atoms with Gasteiger partial charge in [0, 0.05) is 13.6 Å². The van der Waals surface area contributed by atoms with E-state index >= 15 is 0 Å². The molecule has 2 rings (SSSR count). The van der Waals surface area contributed by atoms with Crippen LogP contribution in [0.2, 0.25) is 0 Å².